The van der Waals surface area contributed by atoms with Crippen LogP contribution in [0, 0.1) is 10.1 Å². The Morgan fingerprint density at radius 2 is 2.33 bits per heavy atom. The molecule has 94 valence electrons. The van der Waals surface area contributed by atoms with Gasteiger partial charge < -0.3 is 14.7 Å². The van der Waals surface area contributed by atoms with Gasteiger partial charge in [-0.05, 0) is 17.1 Å². The Morgan fingerprint density at radius 1 is 1.61 bits per heavy atom. The Labute approximate surface area is 107 Å². The summed E-state index contributed by atoms with van der Waals surface area (Å²) in [5.74, 6) is -0.645. The molecule has 0 atom stereocenters. The number of hydrogen-bond acceptors (Lipinski definition) is 4. The molecule has 8 heteroatoms. The third-order valence-electron chi connectivity index (χ3n) is 2.41. The number of rotatable bonds is 4. The van der Waals surface area contributed by atoms with E-state index in [0.29, 0.717) is 5.69 Å². The molecule has 0 aliphatic rings. The first-order valence-electron chi connectivity index (χ1n) is 5.01. The van der Waals surface area contributed by atoms with Crippen molar-refractivity contribution in [2.75, 3.05) is 0 Å². The number of aryl methyl sites for hydroxylation is 1. The van der Waals surface area contributed by atoms with Gasteiger partial charge in [0.25, 0.3) is 0 Å². The smallest absolute Gasteiger partial charge is 0.358 e. The molecule has 0 saturated carbocycles. The number of halogens is 1. The summed E-state index contributed by atoms with van der Waals surface area (Å²) in [7, 11) is 1.74. The molecule has 0 radical (unpaired) electrons. The van der Waals surface area contributed by atoms with Gasteiger partial charge in [0.2, 0.25) is 5.78 Å². The topological polar surface area (TPSA) is 83.0 Å². The van der Waals surface area contributed by atoms with E-state index in [9.17, 15) is 14.9 Å². The second-order valence-corrected chi connectivity index (χ2v) is 4.09. The van der Waals surface area contributed by atoms with Gasteiger partial charge in [0.15, 0.2) is 5.02 Å². The monoisotopic (exact) mass is 268 g/mol. The minimum Gasteiger partial charge on any atom is -0.358 e. The highest BCUT2D eigenvalue weighted by Gasteiger charge is 2.21. The summed E-state index contributed by atoms with van der Waals surface area (Å²) in [6.45, 7) is -0.0919. The fourth-order valence-electron chi connectivity index (χ4n) is 1.57. The zero-order valence-electron chi connectivity index (χ0n) is 9.41. The summed E-state index contributed by atoms with van der Waals surface area (Å²) < 4.78 is 2.83. The van der Waals surface area contributed by atoms with Crippen LogP contribution in [0.4, 0.5) is 5.82 Å². The first-order chi connectivity index (χ1) is 8.49. The van der Waals surface area contributed by atoms with Crippen molar-refractivity contribution in [2.24, 2.45) is 7.05 Å². The van der Waals surface area contributed by atoms with Crippen LogP contribution >= 0.6 is 11.6 Å². The Morgan fingerprint density at radius 3 is 2.83 bits per heavy atom. The predicted molar refractivity (Wildman–Crippen MR) is 63.6 cm³/mol. The molecule has 0 N–H and O–H groups in total. The number of carbonyl (C=O) groups excluding carboxylic acids is 1. The normalized spacial score (nSPS) is 10.6. The van der Waals surface area contributed by atoms with E-state index in [1.807, 2.05) is 0 Å². The Hall–Kier alpha value is -2.15. The van der Waals surface area contributed by atoms with Crippen LogP contribution in [0.15, 0.2) is 24.5 Å². The lowest BCUT2D eigenvalue weighted by molar-refractivity contribution is -0.389. The number of hydrogen-bond donors (Lipinski definition) is 0. The van der Waals surface area contributed by atoms with E-state index in [2.05, 4.69) is 5.10 Å². The largest absolute Gasteiger partial charge is 0.408 e. The zero-order valence-corrected chi connectivity index (χ0v) is 10.2. The number of aromatic nitrogens is 3. The van der Waals surface area contributed by atoms with Gasteiger partial charge in [-0.25, -0.2) is 0 Å². The summed E-state index contributed by atoms with van der Waals surface area (Å²) in [6, 6.07) is 3.41. The van der Waals surface area contributed by atoms with Crippen LogP contribution in [-0.4, -0.2) is 25.1 Å². The first-order valence-corrected chi connectivity index (χ1v) is 5.38. The van der Waals surface area contributed by atoms with E-state index in [1.54, 1.807) is 29.9 Å². The van der Waals surface area contributed by atoms with Crippen molar-refractivity contribution in [3.63, 3.8) is 0 Å². The van der Waals surface area contributed by atoms with Crippen LogP contribution < -0.4 is 0 Å². The van der Waals surface area contributed by atoms with Crippen LogP contribution in [0.1, 0.15) is 10.5 Å². The molecule has 0 saturated heterocycles. The van der Waals surface area contributed by atoms with Gasteiger partial charge in [-0.3, -0.25) is 4.79 Å². The third kappa shape index (κ3) is 2.25. The fraction of sp³-hybridized carbons (Fsp3) is 0.200. The van der Waals surface area contributed by atoms with Gasteiger partial charge in [0, 0.05) is 13.2 Å². The number of nitro groups is 1. The Balaban J connectivity index is 2.20. The highest BCUT2D eigenvalue weighted by molar-refractivity contribution is 6.32. The fourth-order valence-corrected chi connectivity index (χ4v) is 1.79. The van der Waals surface area contributed by atoms with Crippen molar-refractivity contribution in [1.29, 1.82) is 0 Å². The van der Waals surface area contributed by atoms with E-state index in [-0.39, 0.29) is 17.4 Å². The maximum Gasteiger partial charge on any atom is 0.408 e. The van der Waals surface area contributed by atoms with Crippen molar-refractivity contribution in [2.45, 2.75) is 6.54 Å². The summed E-state index contributed by atoms with van der Waals surface area (Å²) >= 11 is 5.64. The first kappa shape index (κ1) is 12.3. The second-order valence-electron chi connectivity index (χ2n) is 3.68. The van der Waals surface area contributed by atoms with E-state index < -0.39 is 10.7 Å². The lowest BCUT2D eigenvalue weighted by atomic mass is 10.3. The molecule has 0 aliphatic carbocycles. The summed E-state index contributed by atoms with van der Waals surface area (Å²) in [4.78, 5) is 21.8. The number of carbonyl (C=O) groups is 1. The van der Waals surface area contributed by atoms with Crippen LogP contribution in [0.25, 0.3) is 0 Å². The van der Waals surface area contributed by atoms with E-state index in [0.717, 1.165) is 4.68 Å². The molecule has 0 amide bonds. The average molecular weight is 269 g/mol. The highest BCUT2D eigenvalue weighted by atomic mass is 35.5. The predicted octanol–water partition coefficient (Wildman–Crippen LogP) is 1.67. The molecule has 2 aromatic rings. The van der Waals surface area contributed by atoms with Crippen molar-refractivity contribution >= 4 is 23.2 Å². The maximum atomic E-state index is 11.9. The van der Waals surface area contributed by atoms with Gasteiger partial charge in [-0.2, -0.15) is 4.68 Å². The lowest BCUT2D eigenvalue weighted by Crippen LogP contribution is -2.14. The molecule has 2 rings (SSSR count). The average Bonchev–Trinajstić information content (AvgIpc) is 2.84. The molecule has 2 aromatic heterocycles. The standard InChI is InChI=1S/C10H9ClN4O3/c1-13-4-2-3-8(13)9(16)6-14-5-7(11)10(12-14)15(17)18/h2-5H,6H2,1H3. The van der Waals surface area contributed by atoms with Crippen LogP contribution in [0.3, 0.4) is 0 Å². The number of Topliss-reactive ketones (excluding diaryl/α,β-unsaturated/α-hetero) is 1. The van der Waals surface area contributed by atoms with E-state index >= 15 is 0 Å². The minimum absolute atomic E-state index is 0.0836. The summed E-state index contributed by atoms with van der Waals surface area (Å²) in [6.07, 6.45) is 3.01. The number of nitrogens with zero attached hydrogens (tertiary/aromatic N) is 4. The molecular formula is C10H9ClN4O3. The molecule has 0 spiro atoms. The van der Waals surface area contributed by atoms with E-state index in [1.165, 1.54) is 6.20 Å². The highest BCUT2D eigenvalue weighted by Crippen LogP contribution is 2.21. The third-order valence-corrected chi connectivity index (χ3v) is 2.67. The molecule has 0 unspecified atom stereocenters. The number of ketones is 1. The molecule has 18 heavy (non-hydrogen) atoms. The zero-order chi connectivity index (χ0) is 13.3. The maximum absolute atomic E-state index is 11.9. The Kier molecular flexibility index (Phi) is 3.15. The minimum atomic E-state index is -0.689. The second kappa shape index (κ2) is 4.61. The summed E-state index contributed by atoms with van der Waals surface area (Å²) in [5, 5.41) is 14.1. The van der Waals surface area contributed by atoms with Gasteiger partial charge in [-0.15, -0.1) is 0 Å². The summed E-state index contributed by atoms with van der Waals surface area (Å²) in [5.41, 5.74) is 0.504. The molecule has 2 heterocycles. The van der Waals surface area contributed by atoms with Gasteiger partial charge in [0.1, 0.15) is 6.54 Å². The van der Waals surface area contributed by atoms with Gasteiger partial charge in [0.05, 0.1) is 17.0 Å². The van der Waals surface area contributed by atoms with Crippen molar-refractivity contribution < 1.29 is 9.72 Å². The molecule has 0 fully saturated rings. The van der Waals surface area contributed by atoms with Gasteiger partial charge >= 0.3 is 5.82 Å². The van der Waals surface area contributed by atoms with Crippen LogP contribution in [-0.2, 0) is 13.6 Å². The molecular weight excluding hydrogens is 260 g/mol. The van der Waals surface area contributed by atoms with Crippen molar-refractivity contribution in [1.82, 2.24) is 14.3 Å². The van der Waals surface area contributed by atoms with Gasteiger partial charge in [-0.1, -0.05) is 11.6 Å². The molecule has 7 nitrogen and oxygen atoms in total. The van der Waals surface area contributed by atoms with Crippen molar-refractivity contribution in [3.8, 4) is 0 Å². The molecule has 0 aromatic carbocycles. The molecule has 0 bridgehead atoms. The lowest BCUT2D eigenvalue weighted by Gasteiger charge is -2.00. The van der Waals surface area contributed by atoms with Crippen LogP contribution in [0.2, 0.25) is 5.02 Å². The quantitative estimate of drug-likeness (QED) is 0.480. The SMILES string of the molecule is Cn1cccc1C(=O)Cn1cc(Cl)c([N+](=O)[O-])n1. The molecule has 0 aliphatic heterocycles. The van der Waals surface area contributed by atoms with Crippen molar-refractivity contribution in [3.05, 3.63) is 45.4 Å². The van der Waals surface area contributed by atoms with Crippen LogP contribution in [0.5, 0.6) is 0 Å². The Bertz CT molecular complexity index is 616. The van der Waals surface area contributed by atoms with E-state index in [4.69, 9.17) is 11.6 Å².